The summed E-state index contributed by atoms with van der Waals surface area (Å²) in [6, 6.07) is 0. The number of unbranched alkanes of at least 4 members (excludes halogenated alkanes) is 31. The summed E-state index contributed by atoms with van der Waals surface area (Å²) in [7, 11) is 0. The number of amides is 1. The van der Waals surface area contributed by atoms with E-state index in [0.29, 0.717) is 24.9 Å². The minimum atomic E-state index is 0.0463. The third kappa shape index (κ3) is 45.7. The first-order valence-corrected chi connectivity index (χ1v) is 24.6. The van der Waals surface area contributed by atoms with Crippen molar-refractivity contribution in [3.8, 4) is 0 Å². The van der Waals surface area contributed by atoms with Crippen molar-refractivity contribution in [2.45, 2.75) is 272 Å². The molecule has 0 bridgehead atoms. The summed E-state index contributed by atoms with van der Waals surface area (Å²) in [5, 5.41) is 17.9. The van der Waals surface area contributed by atoms with Gasteiger partial charge in [0.05, 0.1) is 12.7 Å². The van der Waals surface area contributed by atoms with Crippen LogP contribution in [0.15, 0.2) is 0 Å². The molecule has 0 fully saturated rings. The SMILES string of the molecule is CCCCCCCCCCCCCCCCCCN(CCCCCCCCCCCCCCCCCC)C(=O)CCCCO.CCOC(CO)CC(C)C. The Bertz CT molecular complexity index is 651. The molecule has 0 aromatic rings. The Kier molecular flexibility index (Phi) is 49.8. The van der Waals surface area contributed by atoms with Crippen molar-refractivity contribution in [2.75, 3.05) is 32.9 Å². The summed E-state index contributed by atoms with van der Waals surface area (Å²) >= 11 is 0. The molecule has 0 aliphatic carbocycles. The highest BCUT2D eigenvalue weighted by atomic mass is 16.5. The highest BCUT2D eigenvalue weighted by molar-refractivity contribution is 5.76. The summed E-state index contributed by atoms with van der Waals surface area (Å²) in [5.41, 5.74) is 0. The van der Waals surface area contributed by atoms with Gasteiger partial charge in [-0.15, -0.1) is 0 Å². The van der Waals surface area contributed by atoms with Crippen molar-refractivity contribution < 1.29 is 19.7 Å². The average Bonchev–Trinajstić information content (AvgIpc) is 3.16. The van der Waals surface area contributed by atoms with Crippen LogP contribution in [0.2, 0.25) is 0 Å². The summed E-state index contributed by atoms with van der Waals surface area (Å²) in [6.45, 7) is 13.7. The molecule has 0 rings (SSSR count). The Morgan fingerprint density at radius 3 is 1.04 bits per heavy atom. The van der Waals surface area contributed by atoms with Crippen LogP contribution >= 0.6 is 0 Å². The average molecular weight is 768 g/mol. The summed E-state index contributed by atoms with van der Waals surface area (Å²) in [4.78, 5) is 15.0. The van der Waals surface area contributed by atoms with Crippen molar-refractivity contribution in [3.63, 3.8) is 0 Å². The van der Waals surface area contributed by atoms with Crippen LogP contribution in [0.25, 0.3) is 0 Å². The molecule has 5 heteroatoms. The van der Waals surface area contributed by atoms with Gasteiger partial charge in [0.25, 0.3) is 0 Å². The molecule has 0 aromatic heterocycles. The second kappa shape index (κ2) is 48.5. The summed E-state index contributed by atoms with van der Waals surface area (Å²) in [6.07, 6.45) is 47.6. The molecule has 5 nitrogen and oxygen atoms in total. The molecular weight excluding hydrogens is 667 g/mol. The maximum Gasteiger partial charge on any atom is 0.222 e. The number of nitrogens with zero attached hydrogens (tertiary/aromatic N) is 1. The van der Waals surface area contributed by atoms with Crippen molar-refractivity contribution in [1.29, 1.82) is 0 Å². The Balaban J connectivity index is 0. The predicted octanol–water partition coefficient (Wildman–Crippen LogP) is 14.9. The minimum absolute atomic E-state index is 0.0463. The lowest BCUT2D eigenvalue weighted by Crippen LogP contribution is -2.32. The van der Waals surface area contributed by atoms with Gasteiger partial charge in [-0.05, 0) is 44.9 Å². The topological polar surface area (TPSA) is 70.0 Å². The zero-order valence-corrected chi connectivity index (χ0v) is 37.8. The van der Waals surface area contributed by atoms with E-state index >= 15 is 0 Å². The van der Waals surface area contributed by atoms with Crippen LogP contribution < -0.4 is 0 Å². The Morgan fingerprint density at radius 2 is 0.778 bits per heavy atom. The number of hydrogen-bond donors (Lipinski definition) is 2. The van der Waals surface area contributed by atoms with Gasteiger partial charge in [0.15, 0.2) is 0 Å². The lowest BCUT2D eigenvalue weighted by molar-refractivity contribution is -0.131. The molecule has 1 atom stereocenters. The predicted molar refractivity (Wildman–Crippen MR) is 239 cm³/mol. The van der Waals surface area contributed by atoms with E-state index in [9.17, 15) is 4.79 Å². The first-order chi connectivity index (χ1) is 26.5. The second-order valence-corrected chi connectivity index (χ2v) is 17.1. The molecule has 1 unspecified atom stereocenters. The van der Waals surface area contributed by atoms with Crippen LogP contribution in [-0.4, -0.2) is 60.0 Å². The van der Waals surface area contributed by atoms with Crippen LogP contribution in [0.4, 0.5) is 0 Å². The highest BCUT2D eigenvalue weighted by Gasteiger charge is 2.12. The van der Waals surface area contributed by atoms with E-state index in [0.717, 1.165) is 45.2 Å². The van der Waals surface area contributed by atoms with Crippen molar-refractivity contribution in [1.82, 2.24) is 4.90 Å². The van der Waals surface area contributed by atoms with Gasteiger partial charge in [-0.25, -0.2) is 0 Å². The third-order valence-corrected chi connectivity index (χ3v) is 11.1. The molecule has 1 amide bonds. The Morgan fingerprint density at radius 1 is 0.463 bits per heavy atom. The first kappa shape index (κ1) is 55.4. The second-order valence-electron chi connectivity index (χ2n) is 17.1. The zero-order valence-electron chi connectivity index (χ0n) is 37.8. The zero-order chi connectivity index (χ0) is 40.0. The number of rotatable bonds is 43. The minimum Gasteiger partial charge on any atom is -0.396 e. The fourth-order valence-electron chi connectivity index (χ4n) is 7.57. The maximum absolute atomic E-state index is 12.8. The standard InChI is InChI=1S/C41H83NO2.C8H18O2/c1-3-5-7-9-11-13-15-17-19-21-23-25-27-29-31-34-38-42(41(44)37-33-36-40-43)39-35-32-30-28-26-24-22-20-18-16-14-12-10-8-6-4-2;1-4-10-8(6-9)5-7(2)3/h43H,3-40H2,1-2H3;7-9H,4-6H2,1-3H3. The third-order valence-electron chi connectivity index (χ3n) is 11.1. The molecule has 0 aliphatic rings. The molecule has 2 N–H and O–H groups in total. The van der Waals surface area contributed by atoms with Crippen LogP contribution in [0.5, 0.6) is 0 Å². The molecule has 0 saturated carbocycles. The number of ether oxygens (including phenoxy) is 1. The van der Waals surface area contributed by atoms with Crippen molar-refractivity contribution >= 4 is 5.91 Å². The monoisotopic (exact) mass is 768 g/mol. The number of hydrogen-bond acceptors (Lipinski definition) is 4. The molecule has 0 aliphatic heterocycles. The van der Waals surface area contributed by atoms with Gasteiger partial charge >= 0.3 is 0 Å². The van der Waals surface area contributed by atoms with E-state index < -0.39 is 0 Å². The molecule has 54 heavy (non-hydrogen) atoms. The quantitative estimate of drug-likeness (QED) is 0.0606. The van der Waals surface area contributed by atoms with Gasteiger partial charge in [0, 0.05) is 32.7 Å². The van der Waals surface area contributed by atoms with Crippen molar-refractivity contribution in [2.24, 2.45) is 5.92 Å². The molecule has 0 radical (unpaired) electrons. The van der Waals surface area contributed by atoms with E-state index in [2.05, 4.69) is 32.6 Å². The van der Waals surface area contributed by atoms with Gasteiger partial charge in [-0.2, -0.15) is 0 Å². The van der Waals surface area contributed by atoms with E-state index in [1.54, 1.807) is 0 Å². The van der Waals surface area contributed by atoms with Crippen LogP contribution in [-0.2, 0) is 9.53 Å². The summed E-state index contributed by atoms with van der Waals surface area (Å²) in [5.74, 6) is 0.920. The van der Waals surface area contributed by atoms with Gasteiger partial charge in [0.2, 0.25) is 5.91 Å². The van der Waals surface area contributed by atoms with E-state index in [1.807, 2.05) is 6.92 Å². The van der Waals surface area contributed by atoms with Gasteiger partial charge in [0.1, 0.15) is 0 Å². The normalized spacial score (nSPS) is 11.9. The summed E-state index contributed by atoms with van der Waals surface area (Å²) < 4.78 is 5.25. The van der Waals surface area contributed by atoms with Crippen LogP contribution in [0.3, 0.4) is 0 Å². The highest BCUT2D eigenvalue weighted by Crippen LogP contribution is 2.16. The van der Waals surface area contributed by atoms with Crippen molar-refractivity contribution in [3.05, 3.63) is 0 Å². The molecule has 0 aromatic carbocycles. The molecular formula is C49H101NO4. The Labute approximate surface area is 340 Å². The molecule has 0 spiro atoms. The smallest absolute Gasteiger partial charge is 0.222 e. The number of carbonyl (C=O) groups is 1. The maximum atomic E-state index is 12.8. The molecule has 326 valence electrons. The fraction of sp³-hybridized carbons (Fsp3) is 0.980. The van der Waals surface area contributed by atoms with Crippen LogP contribution in [0, 0.1) is 5.92 Å². The fourth-order valence-corrected chi connectivity index (χ4v) is 7.57. The van der Waals surface area contributed by atoms with E-state index in [4.69, 9.17) is 14.9 Å². The van der Waals surface area contributed by atoms with E-state index in [1.165, 1.54) is 193 Å². The number of carbonyl (C=O) groups excluding carboxylic acids is 1. The van der Waals surface area contributed by atoms with Gasteiger partial charge in [-0.1, -0.05) is 220 Å². The van der Waals surface area contributed by atoms with E-state index in [-0.39, 0.29) is 19.3 Å². The number of aliphatic hydroxyl groups excluding tert-OH is 2. The molecule has 0 saturated heterocycles. The number of aliphatic hydroxyl groups is 2. The molecule has 0 heterocycles. The lowest BCUT2D eigenvalue weighted by Gasteiger charge is -2.23. The Hall–Kier alpha value is -0.650. The largest absolute Gasteiger partial charge is 0.396 e. The van der Waals surface area contributed by atoms with Gasteiger partial charge in [-0.3, -0.25) is 4.79 Å². The van der Waals surface area contributed by atoms with Gasteiger partial charge < -0.3 is 19.8 Å². The van der Waals surface area contributed by atoms with Crippen LogP contribution in [0.1, 0.15) is 266 Å². The lowest BCUT2D eigenvalue weighted by atomic mass is 10.0. The first-order valence-electron chi connectivity index (χ1n) is 24.6.